The number of aliphatic imine (C=N–C) groups is 2. The molecule has 7 aromatic carbocycles. The average molecular weight is 642 g/mol. The second kappa shape index (κ2) is 11.5. The lowest BCUT2D eigenvalue weighted by Crippen LogP contribution is -2.15. The third-order valence-electron chi connectivity index (χ3n) is 9.58. The molecule has 236 valence electrons. The van der Waals surface area contributed by atoms with Crippen molar-refractivity contribution in [3.63, 3.8) is 0 Å². The van der Waals surface area contributed by atoms with Gasteiger partial charge in [-0.05, 0) is 70.3 Å². The van der Waals surface area contributed by atoms with Gasteiger partial charge in [-0.2, -0.15) is 0 Å². The van der Waals surface area contributed by atoms with Crippen molar-refractivity contribution < 1.29 is 4.42 Å². The molecule has 1 aliphatic rings. The van der Waals surface area contributed by atoms with Crippen molar-refractivity contribution in [2.45, 2.75) is 6.17 Å². The number of hydrogen-bond donors (Lipinski definition) is 0. The molecule has 0 N–H and O–H groups in total. The first kappa shape index (κ1) is 28.3. The molecular formula is C45H29N4O-. The third kappa shape index (κ3) is 4.71. The van der Waals surface area contributed by atoms with Crippen LogP contribution in [0.3, 0.4) is 0 Å². The number of aromatic nitrogens is 1. The molecule has 5 nitrogen and oxygen atoms in total. The fraction of sp³-hybridized carbons (Fsp3) is 0.0222. The van der Waals surface area contributed by atoms with E-state index in [9.17, 15) is 0 Å². The van der Waals surface area contributed by atoms with Gasteiger partial charge in [0.05, 0.1) is 23.0 Å². The minimum atomic E-state index is -0.386. The number of amidine groups is 2. The summed E-state index contributed by atoms with van der Waals surface area (Å²) in [6, 6.07) is 58.9. The summed E-state index contributed by atoms with van der Waals surface area (Å²) in [4.78, 5) is 9.87. The maximum Gasteiger partial charge on any atom is 0.137 e. The minimum Gasteiger partial charge on any atom is -0.456 e. The van der Waals surface area contributed by atoms with Gasteiger partial charge in [-0.25, -0.2) is 0 Å². The Morgan fingerprint density at radius 2 is 1.12 bits per heavy atom. The lowest BCUT2D eigenvalue weighted by Gasteiger charge is -2.32. The van der Waals surface area contributed by atoms with Crippen molar-refractivity contribution in [2.24, 2.45) is 9.98 Å². The van der Waals surface area contributed by atoms with Crippen LogP contribution in [0.1, 0.15) is 22.9 Å². The number of para-hydroxylation sites is 1. The second-order valence-corrected chi connectivity index (χ2v) is 12.6. The zero-order chi connectivity index (χ0) is 33.0. The van der Waals surface area contributed by atoms with Gasteiger partial charge in [0.15, 0.2) is 0 Å². The van der Waals surface area contributed by atoms with Crippen LogP contribution in [0.4, 0.5) is 0 Å². The van der Waals surface area contributed by atoms with E-state index in [2.05, 4.69) is 126 Å². The highest BCUT2D eigenvalue weighted by Crippen LogP contribution is 2.38. The maximum atomic E-state index is 6.61. The Morgan fingerprint density at radius 3 is 1.92 bits per heavy atom. The Bertz CT molecular complexity index is 2780. The van der Waals surface area contributed by atoms with Crippen LogP contribution in [0.5, 0.6) is 0 Å². The molecule has 5 heteroatoms. The minimum absolute atomic E-state index is 0.386. The van der Waals surface area contributed by atoms with Crippen LogP contribution < -0.4 is 0 Å². The molecule has 0 amide bonds. The summed E-state index contributed by atoms with van der Waals surface area (Å²) in [5.41, 5.74) is 10.3. The molecule has 10 rings (SSSR count). The zero-order valence-corrected chi connectivity index (χ0v) is 26.9. The van der Waals surface area contributed by atoms with E-state index in [0.29, 0.717) is 11.7 Å². The van der Waals surface area contributed by atoms with Gasteiger partial charge in [-0.3, -0.25) is 4.99 Å². The molecule has 1 unspecified atom stereocenters. The number of fused-ring (bicyclic) bond motifs is 6. The molecule has 1 aliphatic heterocycles. The van der Waals surface area contributed by atoms with Crippen molar-refractivity contribution in [1.29, 1.82) is 0 Å². The molecule has 50 heavy (non-hydrogen) atoms. The zero-order valence-electron chi connectivity index (χ0n) is 26.9. The van der Waals surface area contributed by atoms with Crippen LogP contribution in [0.2, 0.25) is 0 Å². The molecule has 0 saturated heterocycles. The lowest BCUT2D eigenvalue weighted by atomic mass is 10.0. The normalized spacial score (nSPS) is 14.6. The van der Waals surface area contributed by atoms with Crippen molar-refractivity contribution in [3.05, 3.63) is 192 Å². The number of benzene rings is 7. The molecule has 0 saturated carbocycles. The van der Waals surface area contributed by atoms with Gasteiger partial charge in [-0.1, -0.05) is 127 Å². The van der Waals surface area contributed by atoms with Gasteiger partial charge in [-0.15, -0.1) is 0 Å². The van der Waals surface area contributed by atoms with E-state index in [0.717, 1.165) is 55.3 Å². The largest absolute Gasteiger partial charge is 0.456 e. The van der Waals surface area contributed by atoms with E-state index in [1.54, 1.807) is 0 Å². The first-order chi connectivity index (χ1) is 24.8. The van der Waals surface area contributed by atoms with E-state index in [-0.39, 0.29) is 6.17 Å². The Labute approximate surface area is 288 Å². The maximum absolute atomic E-state index is 6.61. The monoisotopic (exact) mass is 641 g/mol. The fourth-order valence-corrected chi connectivity index (χ4v) is 7.16. The molecule has 0 radical (unpaired) electrons. The van der Waals surface area contributed by atoms with E-state index >= 15 is 0 Å². The van der Waals surface area contributed by atoms with Crippen LogP contribution >= 0.6 is 0 Å². The first-order valence-corrected chi connectivity index (χ1v) is 16.8. The van der Waals surface area contributed by atoms with Crippen molar-refractivity contribution in [2.75, 3.05) is 0 Å². The Morgan fingerprint density at radius 1 is 0.480 bits per heavy atom. The first-order valence-electron chi connectivity index (χ1n) is 16.8. The van der Waals surface area contributed by atoms with E-state index in [4.69, 9.17) is 19.7 Å². The Kier molecular flexibility index (Phi) is 6.49. The lowest BCUT2D eigenvalue weighted by molar-refractivity contribution is 0.668. The highest BCUT2D eigenvalue weighted by Gasteiger charge is 2.17. The highest BCUT2D eigenvalue weighted by atomic mass is 16.3. The molecule has 2 aromatic heterocycles. The van der Waals surface area contributed by atoms with E-state index in [1.165, 1.54) is 21.9 Å². The summed E-state index contributed by atoms with van der Waals surface area (Å²) in [7, 11) is 0. The highest BCUT2D eigenvalue weighted by molar-refractivity contribution is 6.20. The summed E-state index contributed by atoms with van der Waals surface area (Å²) >= 11 is 0. The SMILES string of the molecule is c1ccc(C2=NC(c3ccccc3)[N-]C(c3ccc4c(c3)oc3cc(-n5c6ccccc6c6cc(-c7ccccc7)ccc65)ccc34)=N2)cc1. The molecule has 1 atom stereocenters. The quantitative estimate of drug-likeness (QED) is 0.184. The molecule has 3 heterocycles. The van der Waals surface area contributed by atoms with Crippen LogP contribution in [0.15, 0.2) is 184 Å². The summed E-state index contributed by atoms with van der Waals surface area (Å²) in [5, 5.41) is 9.57. The topological polar surface area (TPSA) is 56.9 Å². The number of rotatable bonds is 5. The van der Waals surface area contributed by atoms with Gasteiger partial charge in [0.1, 0.15) is 11.2 Å². The van der Waals surface area contributed by atoms with Gasteiger partial charge in [0.25, 0.3) is 0 Å². The summed E-state index contributed by atoms with van der Waals surface area (Å²) in [5.74, 6) is 1.30. The second-order valence-electron chi connectivity index (χ2n) is 12.6. The smallest absolute Gasteiger partial charge is 0.137 e. The van der Waals surface area contributed by atoms with Gasteiger partial charge >= 0.3 is 0 Å². The predicted molar refractivity (Wildman–Crippen MR) is 206 cm³/mol. The van der Waals surface area contributed by atoms with Gasteiger partial charge < -0.3 is 19.3 Å². The molecule has 0 aliphatic carbocycles. The number of hydrogen-bond acceptors (Lipinski definition) is 3. The predicted octanol–water partition coefficient (Wildman–Crippen LogP) is 11.6. The molecule has 0 bridgehead atoms. The van der Waals surface area contributed by atoms with Crippen molar-refractivity contribution >= 4 is 55.4 Å². The Balaban J connectivity index is 1.07. The fourth-order valence-electron chi connectivity index (χ4n) is 7.16. The van der Waals surface area contributed by atoms with E-state index < -0.39 is 0 Å². The van der Waals surface area contributed by atoms with Crippen LogP contribution in [0.25, 0.3) is 65.9 Å². The summed E-state index contributed by atoms with van der Waals surface area (Å²) in [6.45, 7) is 0. The molecular weight excluding hydrogens is 613 g/mol. The van der Waals surface area contributed by atoms with Crippen LogP contribution in [0, 0.1) is 0 Å². The number of nitrogens with zero attached hydrogens (tertiary/aromatic N) is 4. The Hall–Kier alpha value is -6.72. The standard InChI is InChI=1S/C45H29N4O/c1-4-12-29(13-5-1)32-21-25-40-38(26-32)35-18-10-11-19-39(35)49(40)34-22-24-37-36-23-20-33(27-41(36)50-42(37)28-34)45-47-43(30-14-6-2-7-15-30)46-44(48-45)31-16-8-3-9-17-31/h1-28,43H/q-1. The summed E-state index contributed by atoms with van der Waals surface area (Å²) < 4.78 is 8.94. The molecule has 0 spiro atoms. The van der Waals surface area contributed by atoms with Gasteiger partial charge in [0.2, 0.25) is 0 Å². The van der Waals surface area contributed by atoms with Gasteiger partial charge in [0, 0.05) is 33.3 Å². The van der Waals surface area contributed by atoms with Crippen molar-refractivity contribution in [1.82, 2.24) is 4.57 Å². The van der Waals surface area contributed by atoms with E-state index in [1.807, 2.05) is 48.5 Å². The summed E-state index contributed by atoms with van der Waals surface area (Å²) in [6.07, 6.45) is -0.386. The number of furan rings is 1. The third-order valence-corrected chi connectivity index (χ3v) is 9.58. The molecule has 0 fully saturated rings. The van der Waals surface area contributed by atoms with Crippen molar-refractivity contribution in [3.8, 4) is 16.8 Å². The average Bonchev–Trinajstić information content (AvgIpc) is 3.73. The van der Waals surface area contributed by atoms with Crippen LogP contribution in [-0.2, 0) is 0 Å². The molecule has 9 aromatic rings. The van der Waals surface area contributed by atoms with Crippen LogP contribution in [-0.4, -0.2) is 16.2 Å².